The summed E-state index contributed by atoms with van der Waals surface area (Å²) in [6.45, 7) is 4.09. The van der Waals surface area contributed by atoms with Crippen LogP contribution in [-0.4, -0.2) is 9.78 Å². The zero-order valence-electron chi connectivity index (χ0n) is 12.7. The highest BCUT2D eigenvalue weighted by molar-refractivity contribution is 9.10. The van der Waals surface area contributed by atoms with Crippen LogP contribution in [0.1, 0.15) is 37.2 Å². The smallest absolute Gasteiger partial charge is 0.123 e. The molecule has 0 saturated heterocycles. The summed E-state index contributed by atoms with van der Waals surface area (Å²) in [7, 11) is 1.92. The lowest BCUT2D eigenvalue weighted by Gasteiger charge is -2.29. The van der Waals surface area contributed by atoms with Gasteiger partial charge in [0.05, 0.1) is 15.9 Å². The summed E-state index contributed by atoms with van der Waals surface area (Å²) < 4.78 is 16.4. The van der Waals surface area contributed by atoms with Crippen molar-refractivity contribution in [2.45, 2.75) is 38.6 Å². The lowest BCUT2D eigenvalue weighted by atomic mass is 9.84. The fraction of sp³-hybridized carbons (Fsp3) is 0.438. The van der Waals surface area contributed by atoms with Gasteiger partial charge < -0.3 is 5.73 Å². The summed E-state index contributed by atoms with van der Waals surface area (Å²) in [6.07, 6.45) is 2.19. The highest BCUT2D eigenvalue weighted by Crippen LogP contribution is 2.31. The minimum Gasteiger partial charge on any atom is -0.321 e. The fourth-order valence-electron chi connectivity index (χ4n) is 2.54. The summed E-state index contributed by atoms with van der Waals surface area (Å²) >= 11 is 3.62. The van der Waals surface area contributed by atoms with E-state index in [-0.39, 0.29) is 5.82 Å². The second-order valence-electron chi connectivity index (χ2n) is 5.38. The van der Waals surface area contributed by atoms with Gasteiger partial charge >= 0.3 is 0 Å². The van der Waals surface area contributed by atoms with Gasteiger partial charge in [-0.25, -0.2) is 4.39 Å². The molecule has 0 amide bonds. The van der Waals surface area contributed by atoms with Crippen LogP contribution in [0.25, 0.3) is 0 Å². The second-order valence-corrected chi connectivity index (χ2v) is 6.17. The number of nitrogens with zero attached hydrogens (tertiary/aromatic N) is 2. The normalized spacial score (nSPS) is 14.2. The molecule has 0 aliphatic carbocycles. The number of hydrogen-bond acceptors (Lipinski definition) is 2. The third-order valence-corrected chi connectivity index (χ3v) is 4.93. The molecule has 0 aliphatic rings. The lowest BCUT2D eigenvalue weighted by molar-refractivity contribution is 0.409. The Kier molecular flexibility index (Phi) is 4.84. The van der Waals surface area contributed by atoms with E-state index >= 15 is 0 Å². The Labute approximate surface area is 133 Å². The van der Waals surface area contributed by atoms with Crippen molar-refractivity contribution < 1.29 is 4.39 Å². The zero-order chi connectivity index (χ0) is 15.6. The molecular weight excluding hydrogens is 333 g/mol. The summed E-state index contributed by atoms with van der Waals surface area (Å²) in [5, 5.41) is 4.50. The fourth-order valence-corrected chi connectivity index (χ4v) is 3.30. The second kappa shape index (κ2) is 6.28. The first-order chi connectivity index (χ1) is 9.91. The van der Waals surface area contributed by atoms with Crippen LogP contribution in [0.5, 0.6) is 0 Å². The number of benzene rings is 1. The van der Waals surface area contributed by atoms with E-state index in [2.05, 4.69) is 28.0 Å². The zero-order valence-corrected chi connectivity index (χ0v) is 14.2. The molecule has 5 heteroatoms. The van der Waals surface area contributed by atoms with Gasteiger partial charge in [-0.2, -0.15) is 5.10 Å². The molecule has 1 atom stereocenters. The predicted molar refractivity (Wildman–Crippen MR) is 86.5 cm³/mol. The summed E-state index contributed by atoms with van der Waals surface area (Å²) in [5.74, 6) is -0.255. The maximum Gasteiger partial charge on any atom is 0.123 e. The van der Waals surface area contributed by atoms with Crippen LogP contribution in [0.2, 0.25) is 0 Å². The van der Waals surface area contributed by atoms with Gasteiger partial charge in [0.25, 0.3) is 0 Å². The Bertz CT molecular complexity index is 638. The van der Waals surface area contributed by atoms with Crippen molar-refractivity contribution in [1.82, 2.24) is 9.78 Å². The molecule has 1 heterocycles. The Morgan fingerprint density at radius 2 is 2.10 bits per heavy atom. The van der Waals surface area contributed by atoms with Crippen molar-refractivity contribution in [3.05, 3.63) is 51.5 Å². The molecule has 0 fully saturated rings. The lowest BCUT2D eigenvalue weighted by Crippen LogP contribution is -2.39. The van der Waals surface area contributed by atoms with E-state index in [1.807, 2.05) is 24.7 Å². The maximum atomic E-state index is 13.5. The van der Waals surface area contributed by atoms with Gasteiger partial charge in [-0.05, 0) is 46.5 Å². The molecule has 114 valence electrons. The molecule has 2 rings (SSSR count). The number of rotatable bonds is 5. The van der Waals surface area contributed by atoms with E-state index in [4.69, 9.17) is 5.73 Å². The molecule has 0 saturated carbocycles. The minimum absolute atomic E-state index is 0.255. The largest absolute Gasteiger partial charge is 0.321 e. The van der Waals surface area contributed by atoms with Crippen LogP contribution < -0.4 is 5.73 Å². The van der Waals surface area contributed by atoms with Crippen molar-refractivity contribution >= 4 is 15.9 Å². The van der Waals surface area contributed by atoms with Crippen molar-refractivity contribution in [2.75, 3.05) is 0 Å². The van der Waals surface area contributed by atoms with Gasteiger partial charge in [0.15, 0.2) is 0 Å². The van der Waals surface area contributed by atoms with Crippen molar-refractivity contribution in [3.8, 4) is 0 Å². The van der Waals surface area contributed by atoms with Crippen molar-refractivity contribution in [1.29, 1.82) is 0 Å². The Morgan fingerprint density at radius 1 is 1.38 bits per heavy atom. The molecule has 2 aromatic rings. The maximum absolute atomic E-state index is 13.5. The van der Waals surface area contributed by atoms with E-state index in [0.717, 1.165) is 34.3 Å². The molecule has 3 nitrogen and oxygen atoms in total. The molecule has 1 aromatic carbocycles. The SMILES string of the molecule is CCc1nn(C)c(CC(N)(CC)c2cccc(F)c2)c1Br. The highest BCUT2D eigenvalue weighted by atomic mass is 79.9. The molecule has 1 unspecified atom stereocenters. The Balaban J connectivity index is 2.41. The van der Waals surface area contributed by atoms with E-state index in [9.17, 15) is 4.39 Å². The number of aromatic nitrogens is 2. The molecule has 0 bridgehead atoms. The predicted octanol–water partition coefficient (Wildman–Crippen LogP) is 3.69. The monoisotopic (exact) mass is 353 g/mol. The van der Waals surface area contributed by atoms with E-state index in [0.29, 0.717) is 6.42 Å². The summed E-state index contributed by atoms with van der Waals surface area (Å²) in [6, 6.07) is 6.55. The van der Waals surface area contributed by atoms with Crippen LogP contribution in [-0.2, 0) is 25.4 Å². The van der Waals surface area contributed by atoms with Crippen LogP contribution in [0.15, 0.2) is 28.7 Å². The summed E-state index contributed by atoms with van der Waals surface area (Å²) in [4.78, 5) is 0. The minimum atomic E-state index is -0.608. The topological polar surface area (TPSA) is 43.8 Å². The first-order valence-corrected chi connectivity index (χ1v) is 7.95. The highest BCUT2D eigenvalue weighted by Gasteiger charge is 2.29. The van der Waals surface area contributed by atoms with Gasteiger partial charge in [-0.3, -0.25) is 4.68 Å². The van der Waals surface area contributed by atoms with Crippen molar-refractivity contribution in [3.63, 3.8) is 0 Å². The quantitative estimate of drug-likeness (QED) is 0.890. The van der Waals surface area contributed by atoms with Crippen molar-refractivity contribution in [2.24, 2.45) is 12.8 Å². The van der Waals surface area contributed by atoms with E-state index < -0.39 is 5.54 Å². The van der Waals surface area contributed by atoms with Crippen LogP contribution in [0.3, 0.4) is 0 Å². The first kappa shape index (κ1) is 16.2. The summed E-state index contributed by atoms with van der Waals surface area (Å²) in [5.41, 5.74) is 8.85. The van der Waals surface area contributed by atoms with Gasteiger partial charge in [0.1, 0.15) is 5.82 Å². The van der Waals surface area contributed by atoms with Crippen LogP contribution >= 0.6 is 15.9 Å². The van der Waals surface area contributed by atoms with Crippen LogP contribution in [0, 0.1) is 5.82 Å². The van der Waals surface area contributed by atoms with Gasteiger partial charge in [0.2, 0.25) is 0 Å². The van der Waals surface area contributed by atoms with E-state index in [1.54, 1.807) is 6.07 Å². The average molecular weight is 354 g/mol. The van der Waals surface area contributed by atoms with Gasteiger partial charge in [0, 0.05) is 19.0 Å². The Morgan fingerprint density at radius 3 is 2.62 bits per heavy atom. The van der Waals surface area contributed by atoms with Gasteiger partial charge in [-0.15, -0.1) is 0 Å². The molecule has 1 aromatic heterocycles. The van der Waals surface area contributed by atoms with E-state index in [1.165, 1.54) is 12.1 Å². The molecule has 0 spiro atoms. The molecule has 21 heavy (non-hydrogen) atoms. The van der Waals surface area contributed by atoms with Crippen LogP contribution in [0.4, 0.5) is 4.39 Å². The number of nitrogens with two attached hydrogens (primary N) is 1. The third kappa shape index (κ3) is 3.19. The number of halogens is 2. The average Bonchev–Trinajstić information content (AvgIpc) is 2.74. The molecule has 0 radical (unpaired) electrons. The third-order valence-electron chi connectivity index (χ3n) is 4.02. The molecule has 2 N–H and O–H groups in total. The van der Waals surface area contributed by atoms with Gasteiger partial charge in [-0.1, -0.05) is 26.0 Å². The Hall–Kier alpha value is -1.20. The molecule has 0 aliphatic heterocycles. The first-order valence-electron chi connectivity index (χ1n) is 7.16. The standard InChI is InChI=1S/C16H21BrFN3/c1-4-13-15(17)14(21(3)20-13)10-16(19,5-2)11-7-6-8-12(18)9-11/h6-9H,4-5,10,19H2,1-3H3. The molecular formula is C16H21BrFN3. The number of aryl methyl sites for hydroxylation is 2. The number of hydrogen-bond donors (Lipinski definition) is 1.